The summed E-state index contributed by atoms with van der Waals surface area (Å²) in [7, 11) is 0. The number of alkyl halides is 1. The molecule has 0 aromatic heterocycles. The van der Waals surface area contributed by atoms with Crippen LogP contribution in [0.5, 0.6) is 5.75 Å². The third kappa shape index (κ3) is 3.18. The van der Waals surface area contributed by atoms with Crippen molar-refractivity contribution in [3.63, 3.8) is 0 Å². The minimum absolute atomic E-state index is 0.0391. The summed E-state index contributed by atoms with van der Waals surface area (Å²) in [6.45, 7) is 0. The number of carboxylic acids is 1. The molecule has 0 atom stereocenters. The topological polar surface area (TPSA) is 101 Å². The number of phenols is 1. The number of phenolic OH excluding ortho intramolecular Hbond substituents is 1. The minimum Gasteiger partial charge on any atom is -0.507 e. The van der Waals surface area contributed by atoms with Crippen LogP contribution in [0.3, 0.4) is 0 Å². The number of hydrogen-bond donors (Lipinski definition) is 2. The van der Waals surface area contributed by atoms with Gasteiger partial charge in [0.05, 0.1) is 10.8 Å². The maximum absolute atomic E-state index is 10.6. The number of benzene rings is 1. The SMILES string of the molecule is O=C(O)/C=C/c1cc([N+](=O)[O-])cc(CCl)c1O. The number of hydrogen-bond acceptors (Lipinski definition) is 4. The van der Waals surface area contributed by atoms with Gasteiger partial charge in [0, 0.05) is 29.3 Å². The van der Waals surface area contributed by atoms with Crippen LogP contribution in [0.1, 0.15) is 11.1 Å². The number of nitro groups is 1. The molecular weight excluding hydrogens is 250 g/mol. The van der Waals surface area contributed by atoms with E-state index in [1.807, 2.05) is 0 Å². The first-order chi connectivity index (χ1) is 7.95. The maximum Gasteiger partial charge on any atom is 0.328 e. The summed E-state index contributed by atoms with van der Waals surface area (Å²) >= 11 is 5.52. The van der Waals surface area contributed by atoms with Crippen LogP contribution in [0.25, 0.3) is 6.08 Å². The van der Waals surface area contributed by atoms with Crippen molar-refractivity contribution in [3.8, 4) is 5.75 Å². The quantitative estimate of drug-likeness (QED) is 0.372. The van der Waals surface area contributed by atoms with Crippen molar-refractivity contribution in [3.05, 3.63) is 39.4 Å². The lowest BCUT2D eigenvalue weighted by molar-refractivity contribution is -0.384. The highest BCUT2D eigenvalue weighted by Crippen LogP contribution is 2.30. The summed E-state index contributed by atoms with van der Waals surface area (Å²) in [6.07, 6.45) is 1.84. The highest BCUT2D eigenvalue weighted by molar-refractivity contribution is 6.17. The summed E-state index contributed by atoms with van der Waals surface area (Å²) < 4.78 is 0. The van der Waals surface area contributed by atoms with Gasteiger partial charge in [-0.2, -0.15) is 0 Å². The molecular formula is C10H8ClNO5. The Hall–Kier alpha value is -2.08. The van der Waals surface area contributed by atoms with Crippen molar-refractivity contribution in [2.24, 2.45) is 0 Å². The molecule has 1 aromatic rings. The van der Waals surface area contributed by atoms with Crippen LogP contribution < -0.4 is 0 Å². The molecule has 17 heavy (non-hydrogen) atoms. The maximum atomic E-state index is 10.6. The van der Waals surface area contributed by atoms with Gasteiger partial charge >= 0.3 is 5.97 Å². The van der Waals surface area contributed by atoms with Crippen LogP contribution in [0.15, 0.2) is 18.2 Å². The number of aliphatic carboxylic acids is 1. The third-order valence-corrected chi connectivity index (χ3v) is 2.25. The van der Waals surface area contributed by atoms with Crippen molar-refractivity contribution < 1.29 is 19.9 Å². The van der Waals surface area contributed by atoms with Crippen molar-refractivity contribution >= 4 is 29.3 Å². The molecule has 0 radical (unpaired) electrons. The summed E-state index contributed by atoms with van der Waals surface area (Å²) in [5.74, 6) is -1.59. The number of carboxylic acid groups (broad SMARTS) is 1. The van der Waals surface area contributed by atoms with Crippen LogP contribution in [0.4, 0.5) is 5.69 Å². The molecule has 0 spiro atoms. The van der Waals surface area contributed by atoms with E-state index >= 15 is 0 Å². The zero-order valence-corrected chi connectivity index (χ0v) is 9.22. The van der Waals surface area contributed by atoms with E-state index < -0.39 is 10.9 Å². The van der Waals surface area contributed by atoms with Gasteiger partial charge in [-0.1, -0.05) is 0 Å². The van der Waals surface area contributed by atoms with Gasteiger partial charge in [0.15, 0.2) is 0 Å². The first kappa shape index (κ1) is 13.0. The van der Waals surface area contributed by atoms with Crippen LogP contribution in [-0.4, -0.2) is 21.1 Å². The number of halogens is 1. The molecule has 0 aliphatic heterocycles. The van der Waals surface area contributed by atoms with Crippen molar-refractivity contribution in [1.82, 2.24) is 0 Å². The van der Waals surface area contributed by atoms with E-state index in [2.05, 4.69) is 0 Å². The number of nitro benzene ring substituents is 1. The van der Waals surface area contributed by atoms with Crippen LogP contribution in [0, 0.1) is 10.1 Å². The molecule has 0 fully saturated rings. The molecule has 1 aromatic carbocycles. The van der Waals surface area contributed by atoms with E-state index in [-0.39, 0.29) is 28.4 Å². The van der Waals surface area contributed by atoms with Crippen LogP contribution >= 0.6 is 11.6 Å². The van der Waals surface area contributed by atoms with Gasteiger partial charge in [-0.3, -0.25) is 10.1 Å². The fourth-order valence-electron chi connectivity index (χ4n) is 1.20. The zero-order chi connectivity index (χ0) is 13.0. The highest BCUT2D eigenvalue weighted by Gasteiger charge is 2.14. The summed E-state index contributed by atoms with van der Waals surface area (Å²) in [5.41, 5.74) is -0.0494. The predicted molar refractivity (Wildman–Crippen MR) is 61.0 cm³/mol. The first-order valence-electron chi connectivity index (χ1n) is 4.43. The number of carbonyl (C=O) groups is 1. The molecule has 0 aliphatic carbocycles. The third-order valence-electron chi connectivity index (χ3n) is 1.96. The molecule has 90 valence electrons. The Balaban J connectivity index is 3.32. The molecule has 0 aliphatic rings. The normalized spacial score (nSPS) is 10.6. The van der Waals surface area contributed by atoms with Gasteiger partial charge in [0.2, 0.25) is 0 Å². The summed E-state index contributed by atoms with van der Waals surface area (Å²) in [5, 5.41) is 28.7. The first-order valence-corrected chi connectivity index (χ1v) is 4.96. The Labute approximate surface area is 101 Å². The van der Waals surface area contributed by atoms with Gasteiger partial charge in [0.25, 0.3) is 5.69 Å². The fraction of sp³-hybridized carbons (Fsp3) is 0.100. The van der Waals surface area contributed by atoms with Crippen molar-refractivity contribution in [1.29, 1.82) is 0 Å². The number of nitrogens with zero attached hydrogens (tertiary/aromatic N) is 1. The molecule has 0 saturated carbocycles. The largest absolute Gasteiger partial charge is 0.507 e. The van der Waals surface area contributed by atoms with Crippen LogP contribution in [-0.2, 0) is 10.7 Å². The Bertz CT molecular complexity index is 498. The second kappa shape index (κ2) is 5.31. The molecule has 0 unspecified atom stereocenters. The summed E-state index contributed by atoms with van der Waals surface area (Å²) in [6, 6.07) is 2.21. The smallest absolute Gasteiger partial charge is 0.328 e. The molecule has 7 heteroatoms. The standard InChI is InChI=1S/C10H8ClNO5/c11-5-7-4-8(12(16)17)3-6(10(7)15)1-2-9(13)14/h1-4,15H,5H2,(H,13,14)/b2-1+. The molecule has 0 amide bonds. The van der Waals surface area contributed by atoms with Crippen LogP contribution in [0.2, 0.25) is 0 Å². The number of aromatic hydroxyl groups is 1. The lowest BCUT2D eigenvalue weighted by Gasteiger charge is -2.04. The van der Waals surface area contributed by atoms with Gasteiger partial charge in [0.1, 0.15) is 5.75 Å². The molecule has 6 nitrogen and oxygen atoms in total. The van der Waals surface area contributed by atoms with E-state index in [0.717, 1.165) is 24.3 Å². The van der Waals surface area contributed by atoms with E-state index in [0.29, 0.717) is 0 Å². The van der Waals surface area contributed by atoms with Gasteiger partial charge < -0.3 is 10.2 Å². The lowest BCUT2D eigenvalue weighted by atomic mass is 10.1. The van der Waals surface area contributed by atoms with Gasteiger partial charge in [-0.15, -0.1) is 11.6 Å². The molecule has 0 saturated heterocycles. The average molecular weight is 258 g/mol. The van der Waals surface area contributed by atoms with E-state index in [1.54, 1.807) is 0 Å². The minimum atomic E-state index is -1.22. The Morgan fingerprint density at radius 1 is 1.53 bits per heavy atom. The van der Waals surface area contributed by atoms with Gasteiger partial charge in [-0.25, -0.2) is 4.79 Å². The van der Waals surface area contributed by atoms with E-state index in [9.17, 15) is 20.0 Å². The predicted octanol–water partition coefficient (Wildman–Crippen LogP) is 2.14. The van der Waals surface area contributed by atoms with Crippen molar-refractivity contribution in [2.75, 3.05) is 0 Å². The molecule has 2 N–H and O–H groups in total. The average Bonchev–Trinajstić information content (AvgIpc) is 2.27. The molecule has 0 heterocycles. The Kier molecular flexibility index (Phi) is 4.06. The van der Waals surface area contributed by atoms with Crippen molar-refractivity contribution in [2.45, 2.75) is 5.88 Å². The fourth-order valence-corrected chi connectivity index (χ4v) is 1.40. The molecule has 0 bridgehead atoms. The number of non-ortho nitro benzene ring substituents is 1. The zero-order valence-electron chi connectivity index (χ0n) is 8.46. The Morgan fingerprint density at radius 3 is 2.65 bits per heavy atom. The highest BCUT2D eigenvalue weighted by atomic mass is 35.5. The van der Waals surface area contributed by atoms with Gasteiger partial charge in [-0.05, 0) is 6.08 Å². The van der Waals surface area contributed by atoms with E-state index in [4.69, 9.17) is 16.7 Å². The molecule has 1 rings (SSSR count). The lowest BCUT2D eigenvalue weighted by Crippen LogP contribution is -1.93. The Morgan fingerprint density at radius 2 is 2.18 bits per heavy atom. The van der Waals surface area contributed by atoms with E-state index in [1.165, 1.54) is 0 Å². The monoisotopic (exact) mass is 257 g/mol. The second-order valence-electron chi connectivity index (χ2n) is 3.11. The summed E-state index contributed by atoms with van der Waals surface area (Å²) in [4.78, 5) is 20.3. The number of rotatable bonds is 4. The second-order valence-corrected chi connectivity index (χ2v) is 3.37.